The van der Waals surface area contributed by atoms with Crippen LogP contribution in [0.25, 0.3) is 0 Å². The van der Waals surface area contributed by atoms with E-state index in [-0.39, 0.29) is 0 Å². The molecule has 13 heavy (non-hydrogen) atoms. The summed E-state index contributed by atoms with van der Waals surface area (Å²) in [5, 5.41) is 6.55. The first-order chi connectivity index (χ1) is 6.26. The van der Waals surface area contributed by atoms with Crippen molar-refractivity contribution < 1.29 is 0 Å². The highest BCUT2D eigenvalue weighted by atomic mass is 15.0. The highest BCUT2D eigenvalue weighted by molar-refractivity contribution is 5.02. The van der Waals surface area contributed by atoms with Gasteiger partial charge in [-0.3, -0.25) is 0 Å². The van der Waals surface area contributed by atoms with Crippen molar-refractivity contribution in [3.05, 3.63) is 12.3 Å². The molecule has 1 unspecified atom stereocenters. The van der Waals surface area contributed by atoms with Crippen LogP contribution in [0.15, 0.2) is 12.3 Å². The van der Waals surface area contributed by atoms with Gasteiger partial charge in [-0.1, -0.05) is 32.8 Å². The molecule has 0 rings (SSSR count). The second-order valence-electron chi connectivity index (χ2n) is 3.39. The third-order valence-corrected chi connectivity index (χ3v) is 2.27. The molecule has 2 heteroatoms. The maximum atomic E-state index is 4.02. The fourth-order valence-corrected chi connectivity index (χ4v) is 1.44. The average molecular weight is 184 g/mol. The topological polar surface area (TPSA) is 24.1 Å². The monoisotopic (exact) mass is 184 g/mol. The third-order valence-electron chi connectivity index (χ3n) is 2.27. The van der Waals surface area contributed by atoms with E-state index in [1.807, 2.05) is 7.05 Å². The van der Waals surface area contributed by atoms with Gasteiger partial charge in [0, 0.05) is 18.3 Å². The van der Waals surface area contributed by atoms with E-state index in [4.69, 9.17) is 0 Å². The average Bonchev–Trinajstić information content (AvgIpc) is 2.13. The van der Waals surface area contributed by atoms with Crippen LogP contribution in [-0.2, 0) is 0 Å². The molecule has 0 spiro atoms. The molecular formula is C11H24N2. The van der Waals surface area contributed by atoms with Gasteiger partial charge in [-0.05, 0) is 20.4 Å². The Bertz CT molecular complexity index is 132. The quantitative estimate of drug-likeness (QED) is 0.566. The molecule has 2 N–H and O–H groups in total. The summed E-state index contributed by atoms with van der Waals surface area (Å²) in [5.41, 5.74) is 1.13. The normalized spacial score (nSPS) is 12.5. The molecule has 0 aromatic carbocycles. The molecule has 2 nitrogen and oxygen atoms in total. The number of hydrogen-bond acceptors (Lipinski definition) is 2. The molecule has 0 aliphatic heterocycles. The lowest BCUT2D eigenvalue weighted by atomic mass is 10.1. The molecule has 0 fully saturated rings. The zero-order chi connectivity index (χ0) is 10.1. The van der Waals surface area contributed by atoms with Gasteiger partial charge in [0.15, 0.2) is 0 Å². The van der Waals surface area contributed by atoms with Gasteiger partial charge < -0.3 is 10.6 Å². The summed E-state index contributed by atoms with van der Waals surface area (Å²) in [7, 11) is 2.00. The Kier molecular flexibility index (Phi) is 7.80. The second kappa shape index (κ2) is 8.11. The molecular weight excluding hydrogens is 160 g/mol. The number of unbranched alkanes of at least 4 members (excludes halogenated alkanes) is 2. The van der Waals surface area contributed by atoms with Crippen LogP contribution in [0.5, 0.6) is 0 Å². The first-order valence-corrected chi connectivity index (χ1v) is 5.36. The fraction of sp³-hybridized carbons (Fsp3) is 0.818. The molecule has 0 saturated carbocycles. The Labute approximate surface area is 82.8 Å². The number of hydrogen-bond donors (Lipinski definition) is 2. The summed E-state index contributed by atoms with van der Waals surface area (Å²) in [5.74, 6) is 0. The van der Waals surface area contributed by atoms with Crippen LogP contribution in [0.4, 0.5) is 0 Å². The number of rotatable bonds is 8. The molecule has 0 aliphatic rings. The number of likely N-dealkylation sites (N-methyl/N-ethyl adjacent to an activating group) is 2. The summed E-state index contributed by atoms with van der Waals surface area (Å²) in [4.78, 5) is 0. The summed E-state index contributed by atoms with van der Waals surface area (Å²) < 4.78 is 0. The molecule has 78 valence electrons. The van der Waals surface area contributed by atoms with Crippen LogP contribution < -0.4 is 10.6 Å². The lowest BCUT2D eigenvalue weighted by Crippen LogP contribution is -2.33. The number of nitrogens with one attached hydrogen (secondary N) is 2. The summed E-state index contributed by atoms with van der Waals surface area (Å²) >= 11 is 0. The SMILES string of the molecule is C=C(NCC)C(CCCCC)NC. The van der Waals surface area contributed by atoms with Gasteiger partial charge in [0.25, 0.3) is 0 Å². The van der Waals surface area contributed by atoms with Crippen molar-refractivity contribution >= 4 is 0 Å². The van der Waals surface area contributed by atoms with Crippen LogP contribution in [-0.4, -0.2) is 19.6 Å². The van der Waals surface area contributed by atoms with Crippen LogP contribution in [0, 0.1) is 0 Å². The van der Waals surface area contributed by atoms with Crippen molar-refractivity contribution in [2.45, 2.75) is 45.6 Å². The van der Waals surface area contributed by atoms with E-state index in [9.17, 15) is 0 Å². The largest absolute Gasteiger partial charge is 0.388 e. The van der Waals surface area contributed by atoms with E-state index in [0.717, 1.165) is 12.2 Å². The third kappa shape index (κ3) is 5.69. The van der Waals surface area contributed by atoms with Gasteiger partial charge in [0.05, 0.1) is 0 Å². The molecule has 0 heterocycles. The highest BCUT2D eigenvalue weighted by Gasteiger charge is 2.07. The summed E-state index contributed by atoms with van der Waals surface area (Å²) in [6.45, 7) is 9.31. The Hall–Kier alpha value is -0.500. The van der Waals surface area contributed by atoms with Crippen LogP contribution >= 0.6 is 0 Å². The lowest BCUT2D eigenvalue weighted by molar-refractivity contribution is 0.519. The Morgan fingerprint density at radius 1 is 1.31 bits per heavy atom. The fourth-order valence-electron chi connectivity index (χ4n) is 1.44. The Morgan fingerprint density at radius 3 is 2.46 bits per heavy atom. The van der Waals surface area contributed by atoms with Gasteiger partial charge in [-0.2, -0.15) is 0 Å². The van der Waals surface area contributed by atoms with E-state index in [1.165, 1.54) is 25.7 Å². The predicted octanol–water partition coefficient (Wildman–Crippen LogP) is 2.28. The van der Waals surface area contributed by atoms with Crippen LogP contribution in [0.2, 0.25) is 0 Å². The molecule has 0 aromatic rings. The molecule has 0 bridgehead atoms. The zero-order valence-electron chi connectivity index (χ0n) is 9.32. The lowest BCUT2D eigenvalue weighted by Gasteiger charge is -2.19. The van der Waals surface area contributed by atoms with E-state index in [0.29, 0.717) is 6.04 Å². The van der Waals surface area contributed by atoms with Gasteiger partial charge >= 0.3 is 0 Å². The van der Waals surface area contributed by atoms with Crippen LogP contribution in [0.1, 0.15) is 39.5 Å². The predicted molar refractivity (Wildman–Crippen MR) is 59.8 cm³/mol. The smallest absolute Gasteiger partial charge is 0.0461 e. The van der Waals surface area contributed by atoms with E-state index < -0.39 is 0 Å². The second-order valence-corrected chi connectivity index (χ2v) is 3.39. The Morgan fingerprint density at radius 2 is 2.00 bits per heavy atom. The van der Waals surface area contributed by atoms with Crippen molar-refractivity contribution in [3.63, 3.8) is 0 Å². The first-order valence-electron chi connectivity index (χ1n) is 5.36. The molecule has 1 atom stereocenters. The van der Waals surface area contributed by atoms with E-state index in [2.05, 4.69) is 31.1 Å². The van der Waals surface area contributed by atoms with Gasteiger partial charge in [-0.25, -0.2) is 0 Å². The van der Waals surface area contributed by atoms with E-state index >= 15 is 0 Å². The van der Waals surface area contributed by atoms with Gasteiger partial charge in [0.1, 0.15) is 0 Å². The standard InChI is InChI=1S/C11H24N2/c1-5-7-8-9-11(12-4)10(3)13-6-2/h11-13H,3,5-9H2,1-2,4H3. The highest BCUT2D eigenvalue weighted by Crippen LogP contribution is 2.07. The molecule has 0 aliphatic carbocycles. The van der Waals surface area contributed by atoms with Crippen molar-refractivity contribution in [2.75, 3.05) is 13.6 Å². The Balaban J connectivity index is 3.67. The summed E-state index contributed by atoms with van der Waals surface area (Å²) in [6, 6.07) is 0.437. The van der Waals surface area contributed by atoms with Gasteiger partial charge in [-0.15, -0.1) is 0 Å². The summed E-state index contributed by atoms with van der Waals surface area (Å²) in [6.07, 6.45) is 5.07. The molecule has 0 amide bonds. The van der Waals surface area contributed by atoms with Crippen LogP contribution in [0.3, 0.4) is 0 Å². The van der Waals surface area contributed by atoms with Crippen molar-refractivity contribution in [1.29, 1.82) is 0 Å². The maximum Gasteiger partial charge on any atom is 0.0461 e. The van der Waals surface area contributed by atoms with Crippen molar-refractivity contribution in [1.82, 2.24) is 10.6 Å². The molecule has 0 saturated heterocycles. The van der Waals surface area contributed by atoms with Crippen molar-refractivity contribution in [3.8, 4) is 0 Å². The molecule has 0 aromatic heterocycles. The molecule has 0 radical (unpaired) electrons. The van der Waals surface area contributed by atoms with Crippen molar-refractivity contribution in [2.24, 2.45) is 0 Å². The minimum Gasteiger partial charge on any atom is -0.388 e. The first kappa shape index (κ1) is 12.5. The van der Waals surface area contributed by atoms with Gasteiger partial charge in [0.2, 0.25) is 0 Å². The maximum absolute atomic E-state index is 4.02. The minimum atomic E-state index is 0.437. The zero-order valence-corrected chi connectivity index (χ0v) is 9.32. The van der Waals surface area contributed by atoms with E-state index in [1.54, 1.807) is 0 Å². The minimum absolute atomic E-state index is 0.437.